The number of rotatable bonds is 6. The minimum atomic E-state index is 0.151. The van der Waals surface area contributed by atoms with Crippen molar-refractivity contribution in [3.63, 3.8) is 0 Å². The molecule has 0 amide bonds. The summed E-state index contributed by atoms with van der Waals surface area (Å²) in [4.78, 5) is 0. The monoisotopic (exact) mass is 299 g/mol. The van der Waals surface area contributed by atoms with Gasteiger partial charge in [-0.2, -0.15) is 5.10 Å². The van der Waals surface area contributed by atoms with Crippen molar-refractivity contribution >= 4 is 0 Å². The first kappa shape index (κ1) is 14.3. The van der Waals surface area contributed by atoms with Gasteiger partial charge in [0, 0.05) is 13.7 Å². The van der Waals surface area contributed by atoms with Crippen LogP contribution in [-0.4, -0.2) is 36.5 Å². The summed E-state index contributed by atoms with van der Waals surface area (Å²) in [6.07, 6.45) is 5.94. The van der Waals surface area contributed by atoms with E-state index < -0.39 is 0 Å². The highest BCUT2D eigenvalue weighted by Crippen LogP contribution is 2.12. The van der Waals surface area contributed by atoms with Crippen LogP contribution in [-0.2, 0) is 20.1 Å². The molecule has 2 heterocycles. The number of aliphatic hydroxyl groups excluding tert-OH is 1. The maximum absolute atomic E-state index is 8.92. The molecule has 0 aliphatic carbocycles. The van der Waals surface area contributed by atoms with E-state index in [2.05, 4.69) is 15.4 Å². The van der Waals surface area contributed by atoms with Gasteiger partial charge in [0.1, 0.15) is 12.3 Å². The maximum atomic E-state index is 8.92. The standard InChI is InChI=1S/C15H17N5O2/c1-19-10-15(8-16-19)22-11-13-9-20(18-17-13)14-4-2-12(3-5-14)6-7-21/h2-5,8-10,21H,6-7,11H2,1H3. The van der Waals surface area contributed by atoms with E-state index in [-0.39, 0.29) is 6.61 Å². The van der Waals surface area contributed by atoms with Crippen molar-refractivity contribution < 1.29 is 9.84 Å². The Morgan fingerprint density at radius 1 is 1.18 bits per heavy atom. The number of ether oxygens (including phenoxy) is 1. The van der Waals surface area contributed by atoms with Crippen LogP contribution in [0.25, 0.3) is 5.69 Å². The van der Waals surface area contributed by atoms with Gasteiger partial charge in [-0.15, -0.1) is 5.10 Å². The van der Waals surface area contributed by atoms with Crippen molar-refractivity contribution in [1.29, 1.82) is 0 Å². The van der Waals surface area contributed by atoms with Crippen molar-refractivity contribution in [1.82, 2.24) is 24.8 Å². The van der Waals surface area contributed by atoms with Gasteiger partial charge in [0.25, 0.3) is 0 Å². The molecular formula is C15H17N5O2. The van der Waals surface area contributed by atoms with E-state index in [9.17, 15) is 0 Å². The lowest BCUT2D eigenvalue weighted by atomic mass is 10.1. The molecule has 0 aliphatic rings. The largest absolute Gasteiger partial charge is 0.484 e. The zero-order valence-electron chi connectivity index (χ0n) is 12.3. The van der Waals surface area contributed by atoms with Crippen LogP contribution >= 0.6 is 0 Å². The summed E-state index contributed by atoms with van der Waals surface area (Å²) in [5.74, 6) is 0.699. The van der Waals surface area contributed by atoms with Crippen molar-refractivity contribution in [3.05, 3.63) is 54.1 Å². The highest BCUT2D eigenvalue weighted by molar-refractivity contribution is 5.34. The van der Waals surface area contributed by atoms with Gasteiger partial charge in [0.15, 0.2) is 5.75 Å². The molecule has 0 radical (unpaired) electrons. The Kier molecular flexibility index (Phi) is 4.15. The first-order chi connectivity index (χ1) is 10.7. The molecule has 0 saturated carbocycles. The molecule has 7 nitrogen and oxygen atoms in total. The molecular weight excluding hydrogens is 282 g/mol. The summed E-state index contributed by atoms with van der Waals surface area (Å²) in [7, 11) is 1.84. The fourth-order valence-electron chi connectivity index (χ4n) is 2.07. The smallest absolute Gasteiger partial charge is 0.157 e. The van der Waals surface area contributed by atoms with E-state index in [1.165, 1.54) is 0 Å². The van der Waals surface area contributed by atoms with Gasteiger partial charge in [-0.1, -0.05) is 17.3 Å². The van der Waals surface area contributed by atoms with E-state index in [4.69, 9.17) is 9.84 Å². The van der Waals surface area contributed by atoms with Gasteiger partial charge in [-0.25, -0.2) is 4.68 Å². The predicted molar refractivity (Wildman–Crippen MR) is 79.7 cm³/mol. The van der Waals surface area contributed by atoms with Crippen molar-refractivity contribution in [3.8, 4) is 11.4 Å². The molecule has 0 spiro atoms. The quantitative estimate of drug-likeness (QED) is 0.738. The molecule has 3 aromatic rings. The van der Waals surface area contributed by atoms with E-state index in [1.807, 2.05) is 37.5 Å². The third kappa shape index (κ3) is 3.32. The summed E-state index contributed by atoms with van der Waals surface area (Å²) >= 11 is 0. The van der Waals surface area contributed by atoms with Crippen LogP contribution in [0, 0.1) is 0 Å². The number of hydrogen-bond acceptors (Lipinski definition) is 5. The molecule has 1 aromatic carbocycles. The van der Waals surface area contributed by atoms with E-state index >= 15 is 0 Å². The third-order valence-corrected chi connectivity index (χ3v) is 3.21. The highest BCUT2D eigenvalue weighted by atomic mass is 16.5. The highest BCUT2D eigenvalue weighted by Gasteiger charge is 2.05. The zero-order valence-corrected chi connectivity index (χ0v) is 12.3. The molecule has 22 heavy (non-hydrogen) atoms. The lowest BCUT2D eigenvalue weighted by Gasteiger charge is -2.02. The topological polar surface area (TPSA) is 78.0 Å². The van der Waals surface area contributed by atoms with Crippen molar-refractivity contribution in [2.75, 3.05) is 6.61 Å². The van der Waals surface area contributed by atoms with Crippen LogP contribution in [0.5, 0.6) is 5.75 Å². The molecule has 3 rings (SSSR count). The summed E-state index contributed by atoms with van der Waals surface area (Å²) < 4.78 is 8.97. The minimum absolute atomic E-state index is 0.151. The molecule has 0 bridgehead atoms. The number of aliphatic hydroxyl groups is 1. The molecule has 0 unspecified atom stereocenters. The average molecular weight is 299 g/mol. The van der Waals surface area contributed by atoms with Crippen LogP contribution in [0.15, 0.2) is 42.9 Å². The number of aromatic nitrogens is 5. The maximum Gasteiger partial charge on any atom is 0.157 e. The second-order valence-corrected chi connectivity index (χ2v) is 4.93. The Bertz CT molecular complexity index is 732. The number of aryl methyl sites for hydroxylation is 1. The second-order valence-electron chi connectivity index (χ2n) is 4.93. The van der Waals surface area contributed by atoms with Crippen LogP contribution in [0.2, 0.25) is 0 Å². The SMILES string of the molecule is Cn1cc(OCc2cn(-c3ccc(CCO)cc3)nn2)cn1. The van der Waals surface area contributed by atoms with Gasteiger partial charge >= 0.3 is 0 Å². The fourth-order valence-corrected chi connectivity index (χ4v) is 2.07. The minimum Gasteiger partial charge on any atom is -0.484 e. The zero-order chi connectivity index (χ0) is 15.4. The fraction of sp³-hybridized carbons (Fsp3) is 0.267. The normalized spacial score (nSPS) is 10.8. The van der Waals surface area contributed by atoms with E-state index in [0.717, 1.165) is 16.9 Å². The van der Waals surface area contributed by atoms with Gasteiger partial charge in [-0.05, 0) is 24.1 Å². The average Bonchev–Trinajstić information content (AvgIpc) is 3.15. The number of hydrogen-bond donors (Lipinski definition) is 1. The summed E-state index contributed by atoms with van der Waals surface area (Å²) in [6, 6.07) is 7.84. The molecule has 0 fully saturated rings. The van der Waals surface area contributed by atoms with Gasteiger partial charge in [0.2, 0.25) is 0 Å². The molecule has 0 atom stereocenters. The molecule has 2 aromatic heterocycles. The Balaban J connectivity index is 1.65. The van der Waals surface area contributed by atoms with Crippen LogP contribution in [0.3, 0.4) is 0 Å². The molecule has 114 valence electrons. The molecule has 0 saturated heterocycles. The Morgan fingerprint density at radius 2 is 2.00 bits per heavy atom. The van der Waals surface area contributed by atoms with E-state index in [0.29, 0.717) is 18.8 Å². The second kappa shape index (κ2) is 6.40. The first-order valence-corrected chi connectivity index (χ1v) is 6.97. The summed E-state index contributed by atoms with van der Waals surface area (Å²) in [5.41, 5.74) is 2.75. The number of benzene rings is 1. The van der Waals surface area contributed by atoms with Crippen molar-refractivity contribution in [2.45, 2.75) is 13.0 Å². The molecule has 1 N–H and O–H groups in total. The Morgan fingerprint density at radius 3 is 2.68 bits per heavy atom. The van der Waals surface area contributed by atoms with Crippen LogP contribution in [0.4, 0.5) is 0 Å². The van der Waals surface area contributed by atoms with Gasteiger partial charge in [0.05, 0.1) is 24.3 Å². The summed E-state index contributed by atoms with van der Waals surface area (Å²) in [5, 5.41) is 21.1. The molecule has 0 aliphatic heterocycles. The Hall–Kier alpha value is -2.67. The number of nitrogens with zero attached hydrogens (tertiary/aromatic N) is 5. The third-order valence-electron chi connectivity index (χ3n) is 3.21. The van der Waals surface area contributed by atoms with Crippen LogP contribution < -0.4 is 4.74 Å². The van der Waals surface area contributed by atoms with Crippen molar-refractivity contribution in [2.24, 2.45) is 7.05 Å². The Labute approximate surface area is 127 Å². The predicted octanol–water partition coefficient (Wildman–Crippen LogP) is 1.11. The van der Waals surface area contributed by atoms with E-state index in [1.54, 1.807) is 21.8 Å². The van der Waals surface area contributed by atoms with Crippen LogP contribution in [0.1, 0.15) is 11.3 Å². The lowest BCUT2D eigenvalue weighted by molar-refractivity contribution is 0.299. The summed E-state index contributed by atoms with van der Waals surface area (Å²) in [6.45, 7) is 0.493. The van der Waals surface area contributed by atoms with Gasteiger partial charge in [-0.3, -0.25) is 4.68 Å². The van der Waals surface area contributed by atoms with Gasteiger partial charge < -0.3 is 9.84 Å². The lowest BCUT2D eigenvalue weighted by Crippen LogP contribution is -1.96. The molecule has 7 heteroatoms. The first-order valence-electron chi connectivity index (χ1n) is 6.97.